The number of benzene rings is 1. The van der Waals surface area contributed by atoms with E-state index in [1.54, 1.807) is 6.07 Å². The summed E-state index contributed by atoms with van der Waals surface area (Å²) < 4.78 is 11.4. The molecule has 2 unspecified atom stereocenters. The van der Waals surface area contributed by atoms with E-state index in [9.17, 15) is 9.59 Å². The molecule has 4 nitrogen and oxygen atoms in total. The molecule has 0 aromatic heterocycles. The first kappa shape index (κ1) is 28.2. The predicted octanol–water partition coefficient (Wildman–Crippen LogP) is 7.78. The normalized spacial score (nSPS) is 12.9. The van der Waals surface area contributed by atoms with Gasteiger partial charge in [0.1, 0.15) is 0 Å². The number of hydrogen-bond acceptors (Lipinski definition) is 4. The molecular weight excluding hydrogens is 400 g/mol. The molecule has 0 amide bonds. The van der Waals surface area contributed by atoms with Crippen molar-refractivity contribution in [2.75, 3.05) is 13.2 Å². The Morgan fingerprint density at radius 3 is 1.78 bits per heavy atom. The topological polar surface area (TPSA) is 52.6 Å². The second kappa shape index (κ2) is 16.7. The average molecular weight is 447 g/mol. The summed E-state index contributed by atoms with van der Waals surface area (Å²) in [5.41, 5.74) is 1.62. The van der Waals surface area contributed by atoms with Gasteiger partial charge in [-0.2, -0.15) is 0 Å². The lowest BCUT2D eigenvalue weighted by Gasteiger charge is -2.18. The minimum absolute atomic E-state index is 0.343. The lowest BCUT2D eigenvalue weighted by molar-refractivity contribution is 0.0380. The molecule has 0 fully saturated rings. The Hall–Kier alpha value is -1.84. The van der Waals surface area contributed by atoms with Gasteiger partial charge < -0.3 is 9.47 Å². The van der Waals surface area contributed by atoms with Gasteiger partial charge in [-0.15, -0.1) is 0 Å². The summed E-state index contributed by atoms with van der Waals surface area (Å²) in [6.07, 6.45) is 11.4. The Labute approximate surface area is 196 Å². The fraction of sp³-hybridized carbons (Fsp3) is 0.714. The predicted molar refractivity (Wildman–Crippen MR) is 132 cm³/mol. The molecular formula is C28H46O4. The van der Waals surface area contributed by atoms with Crippen LogP contribution in [0.15, 0.2) is 18.2 Å². The zero-order chi connectivity index (χ0) is 23.8. The van der Waals surface area contributed by atoms with Crippen LogP contribution >= 0.6 is 0 Å². The van der Waals surface area contributed by atoms with Crippen LogP contribution in [-0.2, 0) is 15.9 Å². The summed E-state index contributed by atoms with van der Waals surface area (Å²) in [5.74, 6) is -0.0812. The van der Waals surface area contributed by atoms with Gasteiger partial charge >= 0.3 is 11.9 Å². The molecule has 32 heavy (non-hydrogen) atoms. The Bertz CT molecular complexity index is 667. The number of carbonyl (C=O) groups excluding carboxylic acids is 2. The summed E-state index contributed by atoms with van der Waals surface area (Å²) in [5, 5.41) is 0. The molecule has 0 aliphatic heterocycles. The van der Waals surface area contributed by atoms with Crippen molar-refractivity contribution in [1.29, 1.82) is 0 Å². The number of ether oxygens (including phenoxy) is 2. The Morgan fingerprint density at radius 2 is 1.28 bits per heavy atom. The summed E-state index contributed by atoms with van der Waals surface area (Å²) in [6.45, 7) is 11.5. The van der Waals surface area contributed by atoms with Crippen molar-refractivity contribution in [2.24, 2.45) is 11.8 Å². The third-order valence-electron chi connectivity index (χ3n) is 6.36. The summed E-state index contributed by atoms with van der Waals surface area (Å²) in [7, 11) is 0. The van der Waals surface area contributed by atoms with Crippen molar-refractivity contribution in [1.82, 2.24) is 0 Å². The molecule has 0 N–H and O–H groups in total. The van der Waals surface area contributed by atoms with Gasteiger partial charge in [0.15, 0.2) is 0 Å². The van der Waals surface area contributed by atoms with Crippen LogP contribution in [0.3, 0.4) is 0 Å². The lowest BCUT2D eigenvalue weighted by atomic mass is 9.96. The number of rotatable bonds is 17. The maximum atomic E-state index is 13.2. The summed E-state index contributed by atoms with van der Waals surface area (Å²) >= 11 is 0. The van der Waals surface area contributed by atoms with E-state index in [4.69, 9.17) is 9.47 Å². The summed E-state index contributed by atoms with van der Waals surface area (Å²) in [6, 6.07) is 5.49. The molecule has 0 spiro atoms. The molecule has 1 rings (SSSR count). The Balaban J connectivity index is 3.00. The van der Waals surface area contributed by atoms with E-state index in [2.05, 4.69) is 34.6 Å². The van der Waals surface area contributed by atoms with Crippen LogP contribution in [0, 0.1) is 11.8 Å². The molecule has 0 radical (unpaired) electrons. The second-order valence-electron chi connectivity index (χ2n) is 8.97. The van der Waals surface area contributed by atoms with Gasteiger partial charge in [-0.05, 0) is 49.1 Å². The maximum absolute atomic E-state index is 13.2. The molecule has 0 saturated carbocycles. The highest BCUT2D eigenvalue weighted by atomic mass is 16.5. The quantitative estimate of drug-likeness (QED) is 0.229. The molecule has 0 aliphatic carbocycles. The van der Waals surface area contributed by atoms with E-state index in [1.807, 2.05) is 12.1 Å². The molecule has 4 heteroatoms. The van der Waals surface area contributed by atoms with Crippen molar-refractivity contribution in [2.45, 2.75) is 105 Å². The molecule has 0 saturated heterocycles. The second-order valence-corrected chi connectivity index (χ2v) is 8.97. The van der Waals surface area contributed by atoms with Gasteiger partial charge in [-0.3, -0.25) is 0 Å². The maximum Gasteiger partial charge on any atom is 0.339 e. The number of esters is 2. The van der Waals surface area contributed by atoms with Crippen molar-refractivity contribution in [3.05, 3.63) is 34.9 Å². The highest BCUT2D eigenvalue weighted by Crippen LogP contribution is 2.22. The zero-order valence-electron chi connectivity index (χ0n) is 21.2. The number of hydrogen-bond donors (Lipinski definition) is 0. The number of unbranched alkanes of at least 4 members (excludes halogenated alkanes) is 3. The van der Waals surface area contributed by atoms with E-state index in [0.717, 1.165) is 76.2 Å². The molecule has 1 aromatic carbocycles. The standard InChI is InChI=1S/C28H46O4/c1-6-11-15-22(9-4)20-31-27(29)25-19-14-18-24(17-13-8-3)26(25)28(30)32-21-23(10-5)16-12-7-2/h14,18-19,22-23H,6-13,15-17,20-21H2,1-5H3. The highest BCUT2D eigenvalue weighted by Gasteiger charge is 2.24. The molecule has 0 bridgehead atoms. The Morgan fingerprint density at radius 1 is 0.750 bits per heavy atom. The van der Waals surface area contributed by atoms with Crippen molar-refractivity contribution >= 4 is 11.9 Å². The molecule has 0 heterocycles. The monoisotopic (exact) mass is 446 g/mol. The van der Waals surface area contributed by atoms with E-state index >= 15 is 0 Å². The molecule has 0 aliphatic rings. The third-order valence-corrected chi connectivity index (χ3v) is 6.36. The van der Waals surface area contributed by atoms with Gasteiger partial charge in [-0.1, -0.05) is 91.7 Å². The minimum Gasteiger partial charge on any atom is -0.462 e. The van der Waals surface area contributed by atoms with Crippen LogP contribution in [0.2, 0.25) is 0 Å². The van der Waals surface area contributed by atoms with E-state index in [-0.39, 0.29) is 0 Å². The first-order valence-electron chi connectivity index (χ1n) is 13.0. The van der Waals surface area contributed by atoms with Crippen LogP contribution < -0.4 is 0 Å². The van der Waals surface area contributed by atoms with E-state index < -0.39 is 11.9 Å². The molecule has 182 valence electrons. The van der Waals surface area contributed by atoms with Crippen molar-refractivity contribution < 1.29 is 19.1 Å². The first-order valence-corrected chi connectivity index (χ1v) is 13.0. The minimum atomic E-state index is -0.414. The SMILES string of the molecule is CCCCc1cccc(C(=O)OCC(CC)CCCC)c1C(=O)OCC(CC)CCCC. The van der Waals surface area contributed by atoms with Crippen LogP contribution in [0.4, 0.5) is 0 Å². The smallest absolute Gasteiger partial charge is 0.339 e. The van der Waals surface area contributed by atoms with Gasteiger partial charge in [0.05, 0.1) is 24.3 Å². The summed E-state index contributed by atoms with van der Waals surface area (Å²) in [4.78, 5) is 26.1. The average Bonchev–Trinajstić information content (AvgIpc) is 2.82. The first-order chi connectivity index (χ1) is 15.5. The number of aryl methyl sites for hydroxylation is 1. The van der Waals surface area contributed by atoms with Gasteiger partial charge in [-0.25, -0.2) is 9.59 Å². The van der Waals surface area contributed by atoms with Crippen LogP contribution in [0.25, 0.3) is 0 Å². The molecule has 1 aromatic rings. The van der Waals surface area contributed by atoms with Gasteiger partial charge in [0, 0.05) is 0 Å². The van der Waals surface area contributed by atoms with Crippen molar-refractivity contribution in [3.8, 4) is 0 Å². The van der Waals surface area contributed by atoms with Crippen molar-refractivity contribution in [3.63, 3.8) is 0 Å². The molecule has 2 atom stereocenters. The Kier molecular flexibility index (Phi) is 14.8. The van der Waals surface area contributed by atoms with E-state index in [0.29, 0.717) is 36.2 Å². The zero-order valence-corrected chi connectivity index (χ0v) is 21.2. The highest BCUT2D eigenvalue weighted by molar-refractivity contribution is 6.04. The fourth-order valence-electron chi connectivity index (χ4n) is 3.92. The van der Waals surface area contributed by atoms with Crippen LogP contribution in [-0.4, -0.2) is 25.2 Å². The van der Waals surface area contributed by atoms with Crippen LogP contribution in [0.5, 0.6) is 0 Å². The van der Waals surface area contributed by atoms with Gasteiger partial charge in [0.2, 0.25) is 0 Å². The van der Waals surface area contributed by atoms with E-state index in [1.165, 1.54) is 0 Å². The third kappa shape index (κ3) is 9.75. The lowest BCUT2D eigenvalue weighted by Crippen LogP contribution is -2.21. The van der Waals surface area contributed by atoms with Crippen LogP contribution in [0.1, 0.15) is 125 Å². The van der Waals surface area contributed by atoms with Gasteiger partial charge in [0.25, 0.3) is 0 Å². The largest absolute Gasteiger partial charge is 0.462 e. The fourth-order valence-corrected chi connectivity index (χ4v) is 3.92. The number of carbonyl (C=O) groups is 2.